The fourth-order valence-electron chi connectivity index (χ4n) is 3.51. The Morgan fingerprint density at radius 3 is 1.79 bits per heavy atom. The van der Waals surface area contributed by atoms with Crippen molar-refractivity contribution in [1.82, 2.24) is 0 Å². The average molecular weight is 391 g/mol. The smallest absolute Gasteiger partial charge is 0.163 e. The lowest BCUT2D eigenvalue weighted by molar-refractivity contribution is -0.117. The maximum atomic E-state index is 12.5. The Labute approximate surface area is 149 Å². The van der Waals surface area contributed by atoms with Crippen molar-refractivity contribution < 1.29 is 19.8 Å². The quantitative estimate of drug-likeness (QED) is 0.786. The van der Waals surface area contributed by atoms with Crippen molar-refractivity contribution in [2.75, 3.05) is 0 Å². The number of rotatable bonds is 3. The normalized spacial score (nSPS) is 19.4. The lowest BCUT2D eigenvalue weighted by atomic mass is 9.74. The molecule has 0 aliphatic heterocycles. The molecule has 24 heavy (non-hydrogen) atoms. The van der Waals surface area contributed by atoms with Crippen LogP contribution in [0.25, 0.3) is 0 Å². The molecule has 0 amide bonds. The first-order valence-corrected chi connectivity index (χ1v) is 8.95. The van der Waals surface area contributed by atoms with Crippen LogP contribution in [-0.4, -0.2) is 21.8 Å². The van der Waals surface area contributed by atoms with Crippen LogP contribution in [0, 0.1) is 0 Å². The molecule has 0 fully saturated rings. The number of aliphatic hydroxyl groups is 2. The second kappa shape index (κ2) is 6.93. The largest absolute Gasteiger partial charge is 0.512 e. The van der Waals surface area contributed by atoms with Crippen molar-refractivity contribution in [1.29, 1.82) is 0 Å². The van der Waals surface area contributed by atoms with E-state index in [0.29, 0.717) is 44.1 Å². The van der Waals surface area contributed by atoms with Gasteiger partial charge in [0, 0.05) is 47.2 Å². The third kappa shape index (κ3) is 3.05. The summed E-state index contributed by atoms with van der Waals surface area (Å²) in [6.45, 7) is 0. The van der Waals surface area contributed by atoms with Gasteiger partial charge in [-0.15, -0.1) is 0 Å². The molecule has 2 aliphatic carbocycles. The molecule has 0 bridgehead atoms. The molecule has 1 aromatic rings. The molecule has 0 unspecified atom stereocenters. The zero-order valence-corrected chi connectivity index (χ0v) is 14.8. The second-order valence-electron chi connectivity index (χ2n) is 6.23. The van der Waals surface area contributed by atoms with E-state index in [9.17, 15) is 19.8 Å². The van der Waals surface area contributed by atoms with Gasteiger partial charge in [0.1, 0.15) is 0 Å². The van der Waals surface area contributed by atoms with Crippen molar-refractivity contribution in [2.24, 2.45) is 0 Å². The van der Waals surface area contributed by atoms with E-state index in [0.717, 1.165) is 4.47 Å². The molecule has 126 valence electrons. The number of carbonyl (C=O) groups is 2. The van der Waals surface area contributed by atoms with Gasteiger partial charge in [-0.2, -0.15) is 0 Å². The molecular formula is C19H19BrO4. The molecule has 0 heterocycles. The molecule has 0 saturated carbocycles. The standard InChI is InChI=1S/C19H19BrO4/c20-12-6-2-1-5-11(12)17(18-13(21)7-3-8-14(18)22)19-15(23)9-4-10-16(19)24/h1-2,5-6,17,21,23H,3-4,7-10H2. The van der Waals surface area contributed by atoms with Crippen LogP contribution >= 0.6 is 15.9 Å². The molecule has 2 aliphatic rings. The summed E-state index contributed by atoms with van der Waals surface area (Å²) >= 11 is 3.48. The molecule has 0 spiro atoms. The van der Waals surface area contributed by atoms with Gasteiger partial charge in [-0.05, 0) is 24.5 Å². The van der Waals surface area contributed by atoms with Gasteiger partial charge in [-0.3, -0.25) is 9.59 Å². The van der Waals surface area contributed by atoms with Crippen molar-refractivity contribution in [2.45, 2.75) is 44.4 Å². The number of carbonyl (C=O) groups excluding carboxylic acids is 2. The summed E-state index contributed by atoms with van der Waals surface area (Å²) in [6, 6.07) is 7.32. The molecule has 2 N–H and O–H groups in total. The molecule has 3 rings (SSSR count). The van der Waals surface area contributed by atoms with Crippen LogP contribution in [0.5, 0.6) is 0 Å². The maximum Gasteiger partial charge on any atom is 0.163 e. The number of hydrogen-bond acceptors (Lipinski definition) is 4. The zero-order chi connectivity index (χ0) is 17.3. The number of aliphatic hydroxyl groups excluding tert-OH is 2. The number of benzene rings is 1. The number of allylic oxidation sites excluding steroid dienone is 4. The van der Waals surface area contributed by atoms with E-state index in [2.05, 4.69) is 15.9 Å². The first-order chi connectivity index (χ1) is 11.5. The first-order valence-electron chi connectivity index (χ1n) is 8.15. The van der Waals surface area contributed by atoms with Gasteiger partial charge in [0.05, 0.1) is 11.5 Å². The van der Waals surface area contributed by atoms with Crippen LogP contribution < -0.4 is 0 Å². The van der Waals surface area contributed by atoms with Crippen LogP contribution in [0.4, 0.5) is 0 Å². The highest BCUT2D eigenvalue weighted by Crippen LogP contribution is 2.43. The van der Waals surface area contributed by atoms with Crippen LogP contribution in [0.3, 0.4) is 0 Å². The lowest BCUT2D eigenvalue weighted by Gasteiger charge is -2.29. The van der Waals surface area contributed by atoms with Gasteiger partial charge >= 0.3 is 0 Å². The summed E-state index contributed by atoms with van der Waals surface area (Å²) in [6.07, 6.45) is 2.76. The van der Waals surface area contributed by atoms with Crippen molar-refractivity contribution in [3.8, 4) is 0 Å². The SMILES string of the molecule is O=C1CCCC(O)=C1C(C1=C(O)CCCC1=O)c1ccccc1Br. The number of halogens is 1. The van der Waals surface area contributed by atoms with Crippen LogP contribution in [-0.2, 0) is 9.59 Å². The van der Waals surface area contributed by atoms with Gasteiger partial charge in [-0.1, -0.05) is 34.1 Å². The third-order valence-electron chi connectivity index (χ3n) is 4.65. The summed E-state index contributed by atoms with van der Waals surface area (Å²) in [4.78, 5) is 25.1. The second-order valence-corrected chi connectivity index (χ2v) is 7.08. The number of hydrogen-bond donors (Lipinski definition) is 2. The van der Waals surface area contributed by atoms with Gasteiger partial charge < -0.3 is 10.2 Å². The fraction of sp³-hybridized carbons (Fsp3) is 0.368. The third-order valence-corrected chi connectivity index (χ3v) is 5.37. The summed E-state index contributed by atoms with van der Waals surface area (Å²) < 4.78 is 0.743. The van der Waals surface area contributed by atoms with Crippen LogP contribution in [0.1, 0.15) is 50.0 Å². The van der Waals surface area contributed by atoms with Gasteiger partial charge in [0.2, 0.25) is 0 Å². The molecule has 0 saturated heterocycles. The Kier molecular flexibility index (Phi) is 4.90. The van der Waals surface area contributed by atoms with Crippen molar-refractivity contribution in [3.05, 3.63) is 57.0 Å². The fourth-order valence-corrected chi connectivity index (χ4v) is 4.03. The van der Waals surface area contributed by atoms with Gasteiger partial charge in [0.15, 0.2) is 11.6 Å². The van der Waals surface area contributed by atoms with E-state index in [1.54, 1.807) is 0 Å². The highest BCUT2D eigenvalue weighted by atomic mass is 79.9. The van der Waals surface area contributed by atoms with Crippen molar-refractivity contribution in [3.63, 3.8) is 0 Å². The van der Waals surface area contributed by atoms with Gasteiger partial charge in [0.25, 0.3) is 0 Å². The number of Topliss-reactive ketones (excluding diaryl/α,β-unsaturated/α-hetero) is 2. The molecule has 4 nitrogen and oxygen atoms in total. The van der Waals surface area contributed by atoms with E-state index in [1.165, 1.54) is 0 Å². The van der Waals surface area contributed by atoms with Crippen molar-refractivity contribution >= 4 is 27.5 Å². The zero-order valence-electron chi connectivity index (χ0n) is 13.2. The number of ketones is 2. The lowest BCUT2D eigenvalue weighted by Crippen LogP contribution is -2.25. The minimum atomic E-state index is -0.721. The monoisotopic (exact) mass is 390 g/mol. The molecule has 5 heteroatoms. The maximum absolute atomic E-state index is 12.5. The Balaban J connectivity index is 2.25. The Morgan fingerprint density at radius 1 is 0.833 bits per heavy atom. The predicted molar refractivity (Wildman–Crippen MR) is 93.9 cm³/mol. The summed E-state index contributed by atoms with van der Waals surface area (Å²) in [5.74, 6) is -0.964. The van der Waals surface area contributed by atoms with E-state index in [4.69, 9.17) is 0 Å². The van der Waals surface area contributed by atoms with E-state index in [-0.39, 0.29) is 34.2 Å². The molecular weight excluding hydrogens is 372 g/mol. The summed E-state index contributed by atoms with van der Waals surface area (Å²) in [7, 11) is 0. The highest BCUT2D eigenvalue weighted by molar-refractivity contribution is 9.10. The molecule has 0 aromatic heterocycles. The van der Waals surface area contributed by atoms with Gasteiger partial charge in [-0.25, -0.2) is 0 Å². The first kappa shape index (κ1) is 17.0. The summed E-state index contributed by atoms with van der Waals surface area (Å²) in [5, 5.41) is 20.8. The topological polar surface area (TPSA) is 74.6 Å². The van der Waals surface area contributed by atoms with E-state index < -0.39 is 5.92 Å². The summed E-state index contributed by atoms with van der Waals surface area (Å²) in [5.41, 5.74) is 1.22. The molecule has 0 atom stereocenters. The highest BCUT2D eigenvalue weighted by Gasteiger charge is 2.37. The van der Waals surface area contributed by atoms with E-state index >= 15 is 0 Å². The Hall–Kier alpha value is -1.88. The van der Waals surface area contributed by atoms with Crippen LogP contribution in [0.2, 0.25) is 0 Å². The predicted octanol–water partition coefficient (Wildman–Crippen LogP) is 4.66. The molecule has 1 aromatic carbocycles. The van der Waals surface area contributed by atoms with Crippen LogP contribution in [0.15, 0.2) is 51.4 Å². The minimum Gasteiger partial charge on any atom is -0.512 e. The van der Waals surface area contributed by atoms with E-state index in [1.807, 2.05) is 24.3 Å². The Morgan fingerprint density at radius 2 is 1.33 bits per heavy atom. The average Bonchev–Trinajstić information content (AvgIpc) is 2.53. The minimum absolute atomic E-state index is 0.0330. The molecule has 0 radical (unpaired) electrons. The Bertz CT molecular complexity index is 718.